The maximum absolute atomic E-state index is 5.46. The number of hydrogen-bond donors (Lipinski definition) is 1. The van der Waals surface area contributed by atoms with E-state index < -0.39 is 0 Å². The van der Waals surface area contributed by atoms with Crippen LogP contribution in [0.3, 0.4) is 0 Å². The Kier molecular flexibility index (Phi) is 4.21. The molecule has 0 unspecified atom stereocenters. The summed E-state index contributed by atoms with van der Waals surface area (Å²) in [7, 11) is 0. The summed E-state index contributed by atoms with van der Waals surface area (Å²) in [4.78, 5) is 5.76. The maximum atomic E-state index is 5.46. The molecule has 3 aromatic rings. The number of nitrogens with zero attached hydrogens (tertiary/aromatic N) is 3. The van der Waals surface area contributed by atoms with Crippen molar-refractivity contribution in [3.8, 4) is 22.1 Å². The average molecular weight is 384 g/mol. The van der Waals surface area contributed by atoms with E-state index in [0.29, 0.717) is 19.4 Å². The molecule has 0 spiro atoms. The largest absolute Gasteiger partial charge is 0.454 e. The Hall–Kier alpha value is -2.58. The molecule has 27 heavy (non-hydrogen) atoms. The molecule has 2 aromatic heterocycles. The summed E-state index contributed by atoms with van der Waals surface area (Å²) in [6.07, 6.45) is 3.05. The van der Waals surface area contributed by atoms with Gasteiger partial charge in [-0.25, -0.2) is 4.98 Å². The molecule has 0 aliphatic carbocycles. The Bertz CT molecular complexity index is 962. The van der Waals surface area contributed by atoms with Gasteiger partial charge >= 0.3 is 0 Å². The van der Waals surface area contributed by atoms with Gasteiger partial charge in [0.1, 0.15) is 5.69 Å². The monoisotopic (exact) mass is 384 g/mol. The topological polar surface area (TPSA) is 70.4 Å². The van der Waals surface area contributed by atoms with E-state index in [2.05, 4.69) is 16.4 Å². The number of benzene rings is 1. The molecule has 0 radical (unpaired) electrons. The fraction of sp³-hybridized carbons (Fsp3) is 0.368. The van der Waals surface area contributed by atoms with Crippen molar-refractivity contribution >= 4 is 16.5 Å². The van der Waals surface area contributed by atoms with E-state index in [1.165, 1.54) is 0 Å². The molecule has 4 heterocycles. The lowest BCUT2D eigenvalue weighted by atomic mass is 10.2. The predicted molar refractivity (Wildman–Crippen MR) is 102 cm³/mol. The van der Waals surface area contributed by atoms with Gasteiger partial charge in [0.05, 0.1) is 23.2 Å². The molecule has 8 heteroatoms. The summed E-state index contributed by atoms with van der Waals surface area (Å²) in [6, 6.07) is 8.38. The molecule has 5 rings (SSSR count). The second kappa shape index (κ2) is 6.86. The normalized spacial score (nSPS) is 18.2. The van der Waals surface area contributed by atoms with Crippen LogP contribution in [0.25, 0.3) is 10.6 Å². The predicted octanol–water partition coefficient (Wildman–Crippen LogP) is 3.62. The molecule has 1 N–H and O–H groups in total. The molecule has 2 aliphatic heterocycles. The van der Waals surface area contributed by atoms with Crippen LogP contribution in [0.2, 0.25) is 0 Å². The number of aromatic nitrogens is 3. The molecular weight excluding hydrogens is 364 g/mol. The Morgan fingerprint density at radius 1 is 1.26 bits per heavy atom. The third-order valence-corrected chi connectivity index (χ3v) is 5.94. The first kappa shape index (κ1) is 16.6. The number of hydrogen-bond acceptors (Lipinski definition) is 7. The van der Waals surface area contributed by atoms with Gasteiger partial charge in [-0.2, -0.15) is 5.10 Å². The minimum atomic E-state index is 0.293. The van der Waals surface area contributed by atoms with Crippen LogP contribution in [-0.2, 0) is 11.3 Å². The summed E-state index contributed by atoms with van der Waals surface area (Å²) < 4.78 is 18.3. The highest BCUT2D eigenvalue weighted by molar-refractivity contribution is 7.19. The average Bonchev–Trinajstić information content (AvgIpc) is 3.44. The zero-order chi connectivity index (χ0) is 18.2. The first-order chi connectivity index (χ1) is 13.3. The van der Waals surface area contributed by atoms with Crippen molar-refractivity contribution in [1.82, 2.24) is 14.8 Å². The molecule has 1 atom stereocenters. The van der Waals surface area contributed by atoms with Gasteiger partial charge in [0.15, 0.2) is 16.6 Å². The van der Waals surface area contributed by atoms with E-state index in [-0.39, 0.29) is 0 Å². The van der Waals surface area contributed by atoms with Gasteiger partial charge in [0.25, 0.3) is 0 Å². The molecule has 0 amide bonds. The van der Waals surface area contributed by atoms with Crippen LogP contribution in [0.1, 0.15) is 23.7 Å². The first-order valence-corrected chi connectivity index (χ1v) is 9.81. The van der Waals surface area contributed by atoms with Gasteiger partial charge in [0.2, 0.25) is 6.79 Å². The van der Waals surface area contributed by atoms with Crippen molar-refractivity contribution < 1.29 is 14.2 Å². The second-order valence-electron chi connectivity index (χ2n) is 6.67. The van der Waals surface area contributed by atoms with Crippen molar-refractivity contribution in [3.63, 3.8) is 0 Å². The van der Waals surface area contributed by atoms with E-state index in [0.717, 1.165) is 58.1 Å². The van der Waals surface area contributed by atoms with Gasteiger partial charge in [-0.1, -0.05) is 17.4 Å². The zero-order valence-electron chi connectivity index (χ0n) is 15.0. The molecule has 0 bridgehead atoms. The smallest absolute Gasteiger partial charge is 0.231 e. The molecule has 0 saturated carbocycles. The van der Waals surface area contributed by atoms with Gasteiger partial charge in [-0.05, 0) is 37.1 Å². The Labute approximate surface area is 160 Å². The fourth-order valence-electron chi connectivity index (χ4n) is 3.33. The number of ether oxygens (including phenoxy) is 3. The minimum Gasteiger partial charge on any atom is -0.454 e. The van der Waals surface area contributed by atoms with E-state index in [1.807, 2.05) is 36.0 Å². The minimum absolute atomic E-state index is 0.293. The SMILES string of the molecule is Cc1nc(NCc2ccc3c(c2)OCO3)sc1-c1ccn([C@@H]2CCOC2)n1. The fourth-order valence-corrected chi connectivity index (χ4v) is 4.26. The summed E-state index contributed by atoms with van der Waals surface area (Å²) in [5.41, 5.74) is 3.08. The van der Waals surface area contributed by atoms with Crippen LogP contribution >= 0.6 is 11.3 Å². The highest BCUT2D eigenvalue weighted by Crippen LogP contribution is 2.34. The van der Waals surface area contributed by atoms with Crippen molar-refractivity contribution in [3.05, 3.63) is 41.7 Å². The lowest BCUT2D eigenvalue weighted by Gasteiger charge is -2.06. The molecule has 2 aliphatic rings. The maximum Gasteiger partial charge on any atom is 0.231 e. The van der Waals surface area contributed by atoms with Gasteiger partial charge in [-0.3, -0.25) is 4.68 Å². The number of aryl methyl sites for hydroxylation is 1. The van der Waals surface area contributed by atoms with Crippen molar-refractivity contribution in [2.45, 2.75) is 25.9 Å². The van der Waals surface area contributed by atoms with Crippen molar-refractivity contribution in [2.24, 2.45) is 0 Å². The van der Waals surface area contributed by atoms with Crippen molar-refractivity contribution in [1.29, 1.82) is 0 Å². The quantitative estimate of drug-likeness (QED) is 0.725. The summed E-state index contributed by atoms with van der Waals surface area (Å²) in [5.74, 6) is 1.60. The number of thiazole rings is 1. The molecule has 1 saturated heterocycles. The van der Waals surface area contributed by atoms with E-state index in [9.17, 15) is 0 Å². The van der Waals surface area contributed by atoms with Gasteiger partial charge in [0, 0.05) is 19.3 Å². The molecule has 140 valence electrons. The third-order valence-electron chi connectivity index (χ3n) is 4.80. The molecule has 7 nitrogen and oxygen atoms in total. The first-order valence-electron chi connectivity index (χ1n) is 8.99. The van der Waals surface area contributed by atoms with E-state index in [1.54, 1.807) is 11.3 Å². The van der Waals surface area contributed by atoms with Gasteiger partial charge in [-0.15, -0.1) is 0 Å². The molecule has 1 aromatic carbocycles. The lowest BCUT2D eigenvalue weighted by molar-refractivity contribution is 0.174. The van der Waals surface area contributed by atoms with Crippen LogP contribution in [0, 0.1) is 6.92 Å². The summed E-state index contributed by atoms with van der Waals surface area (Å²) >= 11 is 1.63. The van der Waals surface area contributed by atoms with Gasteiger partial charge < -0.3 is 19.5 Å². The van der Waals surface area contributed by atoms with Crippen LogP contribution in [-0.4, -0.2) is 34.8 Å². The summed E-state index contributed by atoms with van der Waals surface area (Å²) in [5, 5.41) is 9.03. The highest BCUT2D eigenvalue weighted by atomic mass is 32.1. The molecule has 1 fully saturated rings. The number of rotatable bonds is 5. The zero-order valence-corrected chi connectivity index (χ0v) is 15.8. The standard InChI is InChI=1S/C19H20N4O3S/c1-12-18(15-4-6-23(22-15)14-5-7-24-10-14)27-19(21-12)20-9-13-2-3-16-17(8-13)26-11-25-16/h2-4,6,8,14H,5,7,9-11H2,1H3,(H,20,21)/t14-/m1/s1. The number of anilines is 1. The van der Waals surface area contributed by atoms with E-state index >= 15 is 0 Å². The number of fused-ring (bicyclic) bond motifs is 1. The molecular formula is C19H20N4O3S. The van der Waals surface area contributed by atoms with Crippen LogP contribution in [0.4, 0.5) is 5.13 Å². The van der Waals surface area contributed by atoms with Crippen LogP contribution in [0.15, 0.2) is 30.5 Å². The lowest BCUT2D eigenvalue weighted by Crippen LogP contribution is -2.08. The Morgan fingerprint density at radius 3 is 3.07 bits per heavy atom. The van der Waals surface area contributed by atoms with Crippen LogP contribution in [0.5, 0.6) is 11.5 Å². The third kappa shape index (κ3) is 3.26. The Morgan fingerprint density at radius 2 is 2.19 bits per heavy atom. The van der Waals surface area contributed by atoms with Crippen molar-refractivity contribution in [2.75, 3.05) is 25.3 Å². The second-order valence-corrected chi connectivity index (χ2v) is 7.67. The van der Waals surface area contributed by atoms with E-state index in [4.69, 9.17) is 19.3 Å². The van der Waals surface area contributed by atoms with Crippen LogP contribution < -0.4 is 14.8 Å². The summed E-state index contributed by atoms with van der Waals surface area (Å²) in [6.45, 7) is 4.55. The highest BCUT2D eigenvalue weighted by Gasteiger charge is 2.20. The number of nitrogens with one attached hydrogen (secondary N) is 1. The Balaban J connectivity index is 1.29.